The fraction of sp³-hybridized carbons (Fsp3) is 0.845. The van der Waals surface area contributed by atoms with Crippen LogP contribution in [0.4, 0.5) is 0 Å². The Labute approximate surface area is 468 Å². The molecule has 22 nitrogen and oxygen atoms in total. The number of aliphatic hydroxyl groups excluding tert-OH is 10. The third kappa shape index (κ3) is 10.1. The highest BCUT2D eigenvalue weighted by atomic mass is 16.8. The molecule has 25 atom stereocenters. The van der Waals surface area contributed by atoms with Crippen LogP contribution in [0.3, 0.4) is 0 Å². The van der Waals surface area contributed by atoms with Crippen LogP contribution in [0.1, 0.15) is 121 Å². The van der Waals surface area contributed by atoms with Gasteiger partial charge < -0.3 is 93.7 Å². The minimum Gasteiger partial charge on any atom is -0.467 e. The van der Waals surface area contributed by atoms with Gasteiger partial charge in [0.25, 0.3) is 0 Å². The lowest BCUT2D eigenvalue weighted by Gasteiger charge is -2.72. The Kier molecular flexibility index (Phi) is 18.2. The fourth-order valence-electron chi connectivity index (χ4n) is 16.3. The molecule has 0 bridgehead atoms. The maximum absolute atomic E-state index is 13.8. The van der Waals surface area contributed by atoms with E-state index in [1.54, 1.807) is 39.8 Å². The van der Waals surface area contributed by atoms with Gasteiger partial charge in [0, 0.05) is 16.6 Å². The smallest absolute Gasteiger partial charge is 0.337 e. The number of ether oxygens (including phenoxy) is 9. The molecule has 0 radical (unpaired) electrons. The van der Waals surface area contributed by atoms with Gasteiger partial charge >= 0.3 is 17.9 Å². The van der Waals surface area contributed by atoms with Gasteiger partial charge in [-0.15, -0.1) is 0 Å². The molecule has 0 aromatic rings. The lowest BCUT2D eigenvalue weighted by Crippen LogP contribution is -2.72. The predicted octanol–water partition coefficient (Wildman–Crippen LogP) is 1.38. The zero-order chi connectivity index (χ0) is 59.1. The van der Waals surface area contributed by atoms with Crippen molar-refractivity contribution in [3.05, 3.63) is 34.9 Å². The summed E-state index contributed by atoms with van der Waals surface area (Å²) in [7, 11) is 1.08. The molecule has 0 amide bonds. The van der Waals surface area contributed by atoms with Gasteiger partial charge in [-0.2, -0.15) is 0 Å². The molecule has 3 saturated heterocycles. The van der Waals surface area contributed by atoms with Crippen LogP contribution >= 0.6 is 0 Å². The van der Waals surface area contributed by atoms with Crippen LogP contribution in [0.5, 0.6) is 0 Å². The molecule has 80 heavy (non-hydrogen) atoms. The van der Waals surface area contributed by atoms with E-state index in [2.05, 4.69) is 40.7 Å². The third-order valence-electron chi connectivity index (χ3n) is 21.4. The van der Waals surface area contributed by atoms with Crippen molar-refractivity contribution in [1.82, 2.24) is 0 Å². The number of methoxy groups -OCH3 is 1. The van der Waals surface area contributed by atoms with E-state index in [9.17, 15) is 65.4 Å². The Hall–Kier alpha value is -3.01. The minimum absolute atomic E-state index is 0.0393. The van der Waals surface area contributed by atoms with E-state index in [0.29, 0.717) is 49.7 Å². The van der Waals surface area contributed by atoms with Crippen molar-refractivity contribution in [1.29, 1.82) is 0 Å². The summed E-state index contributed by atoms with van der Waals surface area (Å²) in [5.41, 5.74) is -2.60. The Morgan fingerprint density at radius 3 is 1.75 bits per heavy atom. The number of hydrogen-bond donors (Lipinski definition) is 10. The van der Waals surface area contributed by atoms with Gasteiger partial charge in [-0.25, -0.2) is 14.4 Å². The van der Waals surface area contributed by atoms with Gasteiger partial charge in [0.1, 0.15) is 67.1 Å². The van der Waals surface area contributed by atoms with Gasteiger partial charge in [0.2, 0.25) is 0 Å². The first-order valence-electron chi connectivity index (χ1n) is 28.4. The quantitative estimate of drug-likeness (QED) is 0.0386. The highest BCUT2D eigenvalue weighted by Crippen LogP contribution is 2.76. The van der Waals surface area contributed by atoms with Crippen molar-refractivity contribution in [3.63, 3.8) is 0 Å². The molecule has 22 heteroatoms. The van der Waals surface area contributed by atoms with E-state index in [4.69, 9.17) is 42.6 Å². The van der Waals surface area contributed by atoms with Crippen LogP contribution < -0.4 is 0 Å². The summed E-state index contributed by atoms with van der Waals surface area (Å²) in [5, 5.41) is 111. The zero-order valence-electron chi connectivity index (χ0n) is 48.3. The number of carbonyl (C=O) groups excluding carboxylic acids is 3. The molecule has 0 aromatic heterocycles. The van der Waals surface area contributed by atoms with Crippen LogP contribution in [0.25, 0.3) is 0 Å². The van der Waals surface area contributed by atoms with E-state index < -0.39 is 181 Å². The number of rotatable bonds is 14. The average Bonchev–Trinajstić information content (AvgIpc) is 3.36. The van der Waals surface area contributed by atoms with Crippen LogP contribution in [-0.2, 0) is 57.0 Å². The number of fused-ring (bicyclic) bond motifs is 7. The highest BCUT2D eigenvalue weighted by molar-refractivity contribution is 5.89. The van der Waals surface area contributed by atoms with E-state index in [-0.39, 0.29) is 23.7 Å². The number of esters is 3. The molecular weight excluding hydrogens is 1050 g/mol. The van der Waals surface area contributed by atoms with Crippen LogP contribution in [0.2, 0.25) is 0 Å². The molecule has 7 fully saturated rings. The van der Waals surface area contributed by atoms with Crippen LogP contribution in [0.15, 0.2) is 34.9 Å². The molecule has 4 saturated carbocycles. The second-order valence-corrected chi connectivity index (χ2v) is 26.2. The van der Waals surface area contributed by atoms with Crippen LogP contribution in [-0.4, -0.2) is 206 Å². The summed E-state index contributed by atoms with van der Waals surface area (Å²) in [6, 6.07) is 0. The van der Waals surface area contributed by atoms with Crippen molar-refractivity contribution in [2.75, 3.05) is 26.9 Å². The summed E-state index contributed by atoms with van der Waals surface area (Å²) in [4.78, 5) is 40.9. The summed E-state index contributed by atoms with van der Waals surface area (Å²) < 4.78 is 54.9. The van der Waals surface area contributed by atoms with Crippen molar-refractivity contribution < 1.29 is 108 Å². The van der Waals surface area contributed by atoms with Crippen molar-refractivity contribution in [2.24, 2.45) is 50.2 Å². The third-order valence-corrected chi connectivity index (χ3v) is 21.4. The Morgan fingerprint density at radius 1 is 0.650 bits per heavy atom. The molecule has 0 spiro atoms. The van der Waals surface area contributed by atoms with Gasteiger partial charge in [0.15, 0.2) is 31.1 Å². The average molecular weight is 1140 g/mol. The molecule has 0 aromatic carbocycles. The van der Waals surface area contributed by atoms with Gasteiger partial charge in [-0.05, 0) is 112 Å². The first kappa shape index (κ1) is 63.0. The molecule has 2 unspecified atom stereocenters. The number of carbonyl (C=O) groups is 3. The largest absolute Gasteiger partial charge is 0.467 e. The fourth-order valence-corrected chi connectivity index (χ4v) is 16.3. The van der Waals surface area contributed by atoms with Gasteiger partial charge in [-0.3, -0.25) is 0 Å². The molecule has 10 N–H and O–H groups in total. The minimum atomic E-state index is -1.97. The lowest BCUT2D eigenvalue weighted by molar-refractivity contribution is -0.386. The first-order chi connectivity index (χ1) is 37.4. The SMILES string of the molecule is C/C=C(/C)C(=O)O[C@H]1[C@H](OC(=O)/C(C)=C\C)[C@@]2(CO)C(CC1(C)C)C1=CC[C@@H]3[C@@]4(C)CC[C@H](O[C@@H]5O[C@H](C(=O)OC)[C@@H](O)[C@H](O[C@@H]6O[C@@H](CO)[C@H](O)[C@H]6O)[C@H]5OC5O[C@H](CO)[C@H](O)[C@H](O)[C@H]5O)C(C)(C)[C@@H]4CC[C@@]3(C)[C@]1(C)C[C@H]2O. The monoisotopic (exact) mass is 1140 g/mol. The summed E-state index contributed by atoms with van der Waals surface area (Å²) in [6.45, 7) is 19.6. The summed E-state index contributed by atoms with van der Waals surface area (Å²) in [5.74, 6) is -2.75. The predicted molar refractivity (Wildman–Crippen MR) is 280 cm³/mol. The Bertz CT molecular complexity index is 2370. The lowest BCUT2D eigenvalue weighted by atomic mass is 9.33. The Balaban J connectivity index is 1.13. The topological polar surface area (TPSA) is 337 Å². The maximum atomic E-state index is 13.8. The molecule has 3 aliphatic heterocycles. The van der Waals surface area contributed by atoms with Crippen LogP contribution in [0, 0.1) is 50.2 Å². The van der Waals surface area contributed by atoms with Crippen molar-refractivity contribution >= 4 is 17.9 Å². The molecule has 5 aliphatic carbocycles. The van der Waals surface area contributed by atoms with Gasteiger partial charge in [0.05, 0.1) is 44.6 Å². The second-order valence-electron chi connectivity index (χ2n) is 26.2. The van der Waals surface area contributed by atoms with E-state index in [0.717, 1.165) is 12.7 Å². The van der Waals surface area contributed by atoms with Gasteiger partial charge in [-0.1, -0.05) is 72.3 Å². The van der Waals surface area contributed by atoms with E-state index in [1.165, 1.54) is 0 Å². The number of allylic oxidation sites excluding steroid dienone is 4. The van der Waals surface area contributed by atoms with Crippen molar-refractivity contribution in [2.45, 2.75) is 232 Å². The number of aliphatic hydroxyl groups is 10. The Morgan fingerprint density at radius 2 is 1.20 bits per heavy atom. The molecule has 8 aliphatic rings. The zero-order valence-corrected chi connectivity index (χ0v) is 48.3. The first-order valence-corrected chi connectivity index (χ1v) is 28.4. The van der Waals surface area contributed by atoms with E-state index in [1.807, 2.05) is 13.8 Å². The molecule has 8 rings (SSSR count). The molecular formula is C58H90O22. The molecule has 3 heterocycles. The second kappa shape index (κ2) is 23.1. The van der Waals surface area contributed by atoms with E-state index >= 15 is 0 Å². The normalized spacial score (nSPS) is 48.1. The summed E-state index contributed by atoms with van der Waals surface area (Å²) >= 11 is 0. The number of hydrogen-bond acceptors (Lipinski definition) is 22. The standard InChI is InChI=1S/C58H90O22/c1-13-26(3)47(69)79-45-46(80-48(70)27(4)14-2)58(25-61)29(21-53(45,5)6)28-15-16-33-55(9)19-18-35(54(7,8)32(55)17-20-56(33,10)57(28,11)22-34(58)62)75-52-44(78-51-40(67)38(65)36(63)30(23-59)73-51)42(41(68)43(77-52)49(71)72-12)76-50-39(66)37(64)31(24-60)74-50/h13-15,29-46,50-52,59-68H,16-25H2,1-12H3/b26-13-,27-14-/t29?,30-,31+,32+,33-,34-,35+,36+,37+,38+,39-,40-,41+,42+,43+,44-,45+,46+,50+,51?,52-,55+,56-,57-,58+/m1/s1. The maximum Gasteiger partial charge on any atom is 0.337 e. The van der Waals surface area contributed by atoms with Crippen molar-refractivity contribution in [3.8, 4) is 0 Å². The highest BCUT2D eigenvalue weighted by Gasteiger charge is 2.74. The molecule has 454 valence electrons. The summed E-state index contributed by atoms with van der Waals surface area (Å²) in [6.07, 6.45) is -19.1.